The van der Waals surface area contributed by atoms with Gasteiger partial charge in [-0.15, -0.1) is 6.42 Å². The van der Waals surface area contributed by atoms with Crippen LogP contribution in [0.2, 0.25) is 0 Å². The van der Waals surface area contributed by atoms with Crippen LogP contribution in [0, 0.1) is 18.2 Å². The highest BCUT2D eigenvalue weighted by Gasteiger charge is 2.11. The maximum atomic E-state index is 13.8. The molecule has 0 aliphatic carbocycles. The maximum Gasteiger partial charge on any atom is 0.223 e. The second kappa shape index (κ2) is 6.92. The van der Waals surface area contributed by atoms with Gasteiger partial charge in [-0.3, -0.25) is 9.69 Å². The Morgan fingerprint density at radius 1 is 1.36 bits per heavy atom. The molecule has 0 unspecified atom stereocenters. The molecule has 1 N–H and O–H groups in total. The summed E-state index contributed by atoms with van der Waals surface area (Å²) in [4.78, 5) is 13.4. The number of halogens is 1. The predicted molar refractivity (Wildman–Crippen MR) is 82.7 cm³/mol. The van der Waals surface area contributed by atoms with Gasteiger partial charge in [0.15, 0.2) is 5.75 Å². The number of nitrogens with zero attached hydrogens (tertiary/aromatic N) is 2. The zero-order valence-corrected chi connectivity index (χ0v) is 12.3. The highest BCUT2D eigenvalue weighted by atomic mass is 19.1. The third-order valence-electron chi connectivity index (χ3n) is 3.37. The van der Waals surface area contributed by atoms with Gasteiger partial charge in [0.25, 0.3) is 0 Å². The third-order valence-corrected chi connectivity index (χ3v) is 3.37. The molecule has 0 atom stereocenters. The summed E-state index contributed by atoms with van der Waals surface area (Å²) in [5.74, 6) is 1.95. The van der Waals surface area contributed by atoms with E-state index in [0.717, 1.165) is 0 Å². The number of terminal acetylenes is 1. The molecule has 4 nitrogen and oxygen atoms in total. The van der Waals surface area contributed by atoms with E-state index >= 15 is 0 Å². The average molecular weight is 300 g/mol. The number of rotatable bonds is 5. The summed E-state index contributed by atoms with van der Waals surface area (Å²) in [7, 11) is 1.73. The zero-order chi connectivity index (χ0) is 16.1. The van der Waals surface area contributed by atoms with Crippen LogP contribution in [0.4, 0.5) is 4.39 Å². The van der Waals surface area contributed by atoms with E-state index in [1.165, 1.54) is 18.3 Å². The van der Waals surface area contributed by atoms with E-state index in [4.69, 9.17) is 6.42 Å². The highest BCUT2D eigenvalue weighted by Crippen LogP contribution is 2.13. The molecule has 5 heteroatoms. The zero-order valence-electron chi connectivity index (χ0n) is 12.3. The number of benzene rings is 1. The molecular formula is C17H17FN2O2. The largest absolute Gasteiger partial charge is 0.503 e. The average Bonchev–Trinajstić information content (AvgIpc) is 2.47. The highest BCUT2D eigenvalue weighted by molar-refractivity contribution is 5.21. The molecule has 1 aromatic heterocycles. The van der Waals surface area contributed by atoms with Gasteiger partial charge in [-0.25, -0.2) is 4.39 Å². The Kier molecular flexibility index (Phi) is 4.97. The third kappa shape index (κ3) is 3.74. The molecule has 0 radical (unpaired) electrons. The van der Waals surface area contributed by atoms with Crippen molar-refractivity contribution in [3.8, 4) is 18.1 Å². The second-order valence-corrected chi connectivity index (χ2v) is 5.07. The monoisotopic (exact) mass is 300 g/mol. The van der Waals surface area contributed by atoms with Gasteiger partial charge in [-0.1, -0.05) is 24.1 Å². The van der Waals surface area contributed by atoms with Gasteiger partial charge in [-0.05, 0) is 6.07 Å². The normalized spacial score (nSPS) is 10.6. The van der Waals surface area contributed by atoms with Crippen molar-refractivity contribution in [1.82, 2.24) is 9.47 Å². The first-order valence-electron chi connectivity index (χ1n) is 6.79. The number of pyridine rings is 1. The Morgan fingerprint density at radius 3 is 2.77 bits per heavy atom. The number of hydrogen-bond acceptors (Lipinski definition) is 3. The molecule has 1 heterocycles. The summed E-state index contributed by atoms with van der Waals surface area (Å²) in [6, 6.07) is 7.87. The van der Waals surface area contributed by atoms with Crippen LogP contribution in [-0.4, -0.2) is 21.1 Å². The number of hydrogen-bond donors (Lipinski definition) is 1. The molecule has 0 bridgehead atoms. The minimum Gasteiger partial charge on any atom is -0.503 e. The van der Waals surface area contributed by atoms with Gasteiger partial charge in [0.1, 0.15) is 5.82 Å². The maximum absolute atomic E-state index is 13.8. The van der Waals surface area contributed by atoms with Crippen molar-refractivity contribution >= 4 is 0 Å². The van der Waals surface area contributed by atoms with Crippen molar-refractivity contribution in [2.75, 3.05) is 6.54 Å². The van der Waals surface area contributed by atoms with Crippen LogP contribution in [0.5, 0.6) is 5.75 Å². The Hall–Kier alpha value is -2.58. The van der Waals surface area contributed by atoms with E-state index in [2.05, 4.69) is 5.92 Å². The molecule has 2 aromatic rings. The fourth-order valence-corrected chi connectivity index (χ4v) is 2.21. The standard InChI is InChI=1S/C17H17FN2O2/c1-3-8-20(10-13-6-4-5-7-15(13)18)11-14-9-16(21)17(22)12-19(14)2/h1,4-7,9,12,22H,8,10-11H2,2H3. The molecule has 22 heavy (non-hydrogen) atoms. The van der Waals surface area contributed by atoms with Crippen LogP contribution < -0.4 is 5.43 Å². The lowest BCUT2D eigenvalue weighted by Gasteiger charge is -2.21. The molecule has 0 saturated carbocycles. The molecule has 2 rings (SSSR count). The first-order valence-corrected chi connectivity index (χ1v) is 6.79. The second-order valence-electron chi connectivity index (χ2n) is 5.07. The molecule has 0 aliphatic rings. The van der Waals surface area contributed by atoms with Gasteiger partial charge in [0.2, 0.25) is 5.43 Å². The van der Waals surface area contributed by atoms with Crippen molar-refractivity contribution in [3.05, 3.63) is 63.8 Å². The summed E-state index contributed by atoms with van der Waals surface area (Å²) in [6.45, 7) is 1.04. The van der Waals surface area contributed by atoms with Crippen LogP contribution in [-0.2, 0) is 20.1 Å². The number of aryl methyl sites for hydroxylation is 1. The van der Waals surface area contributed by atoms with Gasteiger partial charge in [-0.2, -0.15) is 0 Å². The van der Waals surface area contributed by atoms with Crippen LogP contribution in [0.25, 0.3) is 0 Å². The minimum absolute atomic E-state index is 0.288. The molecular weight excluding hydrogens is 283 g/mol. The Balaban J connectivity index is 2.23. The van der Waals surface area contributed by atoms with Crippen molar-refractivity contribution in [3.63, 3.8) is 0 Å². The van der Waals surface area contributed by atoms with E-state index < -0.39 is 5.43 Å². The lowest BCUT2D eigenvalue weighted by molar-refractivity contribution is 0.278. The lowest BCUT2D eigenvalue weighted by Crippen LogP contribution is -2.26. The van der Waals surface area contributed by atoms with Gasteiger partial charge < -0.3 is 9.67 Å². The predicted octanol–water partition coefficient (Wildman–Crippen LogP) is 1.87. The smallest absolute Gasteiger partial charge is 0.223 e. The lowest BCUT2D eigenvalue weighted by atomic mass is 10.2. The SMILES string of the molecule is C#CCN(Cc1ccccc1F)Cc1cc(=O)c(O)cn1C. The van der Waals surface area contributed by atoms with E-state index in [1.54, 1.807) is 29.8 Å². The first kappa shape index (κ1) is 15.8. The quantitative estimate of drug-likeness (QED) is 0.857. The molecule has 0 fully saturated rings. The van der Waals surface area contributed by atoms with Gasteiger partial charge in [0.05, 0.1) is 6.54 Å². The Bertz CT molecular complexity index is 762. The molecule has 0 amide bonds. The van der Waals surface area contributed by atoms with Gasteiger partial charge >= 0.3 is 0 Å². The number of aromatic nitrogens is 1. The van der Waals surface area contributed by atoms with Crippen molar-refractivity contribution in [2.24, 2.45) is 7.05 Å². The van der Waals surface area contributed by atoms with Crippen molar-refractivity contribution in [1.29, 1.82) is 0 Å². The van der Waals surface area contributed by atoms with Crippen LogP contribution in [0.3, 0.4) is 0 Å². The summed E-state index contributed by atoms with van der Waals surface area (Å²) in [5, 5.41) is 9.40. The Morgan fingerprint density at radius 2 is 2.09 bits per heavy atom. The molecule has 1 aromatic carbocycles. The number of aromatic hydroxyl groups is 1. The van der Waals surface area contributed by atoms with Crippen molar-refractivity contribution < 1.29 is 9.50 Å². The van der Waals surface area contributed by atoms with E-state index in [0.29, 0.717) is 30.9 Å². The summed E-state index contributed by atoms with van der Waals surface area (Å²) >= 11 is 0. The van der Waals surface area contributed by atoms with E-state index in [-0.39, 0.29) is 11.6 Å². The Labute approximate surface area is 128 Å². The molecule has 0 spiro atoms. The fourth-order valence-electron chi connectivity index (χ4n) is 2.21. The summed E-state index contributed by atoms with van der Waals surface area (Å²) in [6.07, 6.45) is 6.73. The van der Waals surface area contributed by atoms with Crippen molar-refractivity contribution in [2.45, 2.75) is 13.1 Å². The van der Waals surface area contributed by atoms with Crippen LogP contribution >= 0.6 is 0 Å². The fraction of sp³-hybridized carbons (Fsp3) is 0.235. The topological polar surface area (TPSA) is 45.5 Å². The van der Waals surface area contributed by atoms with Gasteiger partial charge in [0, 0.05) is 43.7 Å². The molecule has 114 valence electrons. The minimum atomic E-state index is -0.445. The first-order chi connectivity index (χ1) is 10.5. The summed E-state index contributed by atoms with van der Waals surface area (Å²) < 4.78 is 15.4. The van der Waals surface area contributed by atoms with Crippen LogP contribution in [0.1, 0.15) is 11.3 Å². The van der Waals surface area contributed by atoms with E-state index in [1.807, 2.05) is 4.90 Å². The molecule has 0 aliphatic heterocycles. The van der Waals surface area contributed by atoms with Crippen LogP contribution in [0.15, 0.2) is 41.3 Å². The van der Waals surface area contributed by atoms with E-state index in [9.17, 15) is 14.3 Å². The molecule has 0 saturated heterocycles. The summed E-state index contributed by atoms with van der Waals surface area (Å²) in [5.41, 5.74) is 0.788.